The summed E-state index contributed by atoms with van der Waals surface area (Å²) in [5.41, 5.74) is 2.09. The fourth-order valence-corrected chi connectivity index (χ4v) is 4.03. The summed E-state index contributed by atoms with van der Waals surface area (Å²) in [6, 6.07) is 8.40. The van der Waals surface area contributed by atoms with Gasteiger partial charge in [0.1, 0.15) is 0 Å². The summed E-state index contributed by atoms with van der Waals surface area (Å²) in [7, 11) is 0. The maximum absolute atomic E-state index is 5.54. The minimum Gasteiger partial charge on any atom is -0.378 e. The van der Waals surface area contributed by atoms with E-state index in [9.17, 15) is 0 Å². The second-order valence-electron chi connectivity index (χ2n) is 8.52. The lowest BCUT2D eigenvalue weighted by Gasteiger charge is -2.28. The predicted molar refractivity (Wildman–Crippen MR) is 116 cm³/mol. The zero-order chi connectivity index (χ0) is 21.3. The van der Waals surface area contributed by atoms with Gasteiger partial charge in [0.25, 0.3) is 0 Å². The number of rotatable bonds is 5. The Labute approximate surface area is 181 Å². The maximum atomic E-state index is 5.54. The van der Waals surface area contributed by atoms with E-state index in [-0.39, 0.29) is 10.7 Å². The van der Waals surface area contributed by atoms with Gasteiger partial charge in [-0.25, -0.2) is 0 Å². The molecule has 1 aliphatic rings. The molecule has 0 spiro atoms. The molecule has 30 heavy (non-hydrogen) atoms. The second kappa shape index (κ2) is 8.39. The number of aryl methyl sites for hydroxylation is 1. The van der Waals surface area contributed by atoms with E-state index in [2.05, 4.69) is 81.8 Å². The first-order valence-corrected chi connectivity index (χ1v) is 11.1. The normalized spacial score (nSPS) is 16.1. The van der Waals surface area contributed by atoms with Gasteiger partial charge in [-0.05, 0) is 26.0 Å². The van der Waals surface area contributed by atoms with Gasteiger partial charge in [-0.2, -0.15) is 4.98 Å². The van der Waals surface area contributed by atoms with Crippen LogP contribution in [0, 0.1) is 6.92 Å². The predicted octanol–water partition coefficient (Wildman–Crippen LogP) is 3.95. The lowest BCUT2D eigenvalue weighted by atomic mass is 9.96. The molecule has 0 bridgehead atoms. The van der Waals surface area contributed by atoms with Gasteiger partial charge in [0.05, 0.1) is 24.2 Å². The van der Waals surface area contributed by atoms with E-state index in [1.807, 2.05) is 6.92 Å². The van der Waals surface area contributed by atoms with E-state index in [1.165, 1.54) is 5.56 Å². The van der Waals surface area contributed by atoms with Gasteiger partial charge < -0.3 is 14.2 Å². The Morgan fingerprint density at radius 1 is 1.07 bits per heavy atom. The molecule has 0 N–H and O–H groups in total. The van der Waals surface area contributed by atoms with Crippen LogP contribution < -0.4 is 4.90 Å². The molecule has 9 heteroatoms. The molecule has 0 radical (unpaired) electrons. The average molecular weight is 429 g/mol. The van der Waals surface area contributed by atoms with Crippen LogP contribution in [0.4, 0.5) is 5.95 Å². The molecule has 1 aliphatic heterocycles. The van der Waals surface area contributed by atoms with E-state index < -0.39 is 0 Å². The highest BCUT2D eigenvalue weighted by molar-refractivity contribution is 7.99. The number of morpholine rings is 1. The van der Waals surface area contributed by atoms with Crippen molar-refractivity contribution < 1.29 is 9.26 Å². The topological polar surface area (TPSA) is 82.1 Å². The first-order valence-electron chi connectivity index (χ1n) is 10.2. The fraction of sp³-hybridized carbons (Fsp3) is 0.524. The third-order valence-corrected chi connectivity index (χ3v) is 5.98. The number of anilines is 1. The molecule has 2 aromatic heterocycles. The zero-order valence-electron chi connectivity index (χ0n) is 18.1. The highest BCUT2D eigenvalue weighted by Crippen LogP contribution is 2.37. The molecule has 1 fully saturated rings. The van der Waals surface area contributed by atoms with E-state index in [0.717, 1.165) is 29.9 Å². The minimum absolute atomic E-state index is 0.0560. The van der Waals surface area contributed by atoms with Crippen molar-refractivity contribution in [1.82, 2.24) is 24.9 Å². The van der Waals surface area contributed by atoms with Crippen LogP contribution in [-0.4, -0.2) is 51.2 Å². The summed E-state index contributed by atoms with van der Waals surface area (Å²) in [5.74, 6) is 2.13. The van der Waals surface area contributed by atoms with Crippen LogP contribution in [0.2, 0.25) is 0 Å². The zero-order valence-corrected chi connectivity index (χ0v) is 18.9. The van der Waals surface area contributed by atoms with Gasteiger partial charge in [-0.1, -0.05) is 55.4 Å². The second-order valence-corrected chi connectivity index (χ2v) is 9.83. The molecule has 0 saturated carbocycles. The molecule has 8 nitrogen and oxygen atoms in total. The molecular weight excluding hydrogens is 400 g/mol. The summed E-state index contributed by atoms with van der Waals surface area (Å²) in [4.78, 5) is 6.82. The number of benzene rings is 1. The van der Waals surface area contributed by atoms with E-state index in [0.29, 0.717) is 24.9 Å². The van der Waals surface area contributed by atoms with E-state index in [4.69, 9.17) is 9.26 Å². The van der Waals surface area contributed by atoms with E-state index >= 15 is 0 Å². The Balaban J connectivity index is 1.66. The van der Waals surface area contributed by atoms with Crippen molar-refractivity contribution in [2.75, 3.05) is 31.2 Å². The van der Waals surface area contributed by atoms with Gasteiger partial charge in [0.2, 0.25) is 11.8 Å². The molecule has 3 aromatic rings. The van der Waals surface area contributed by atoms with Gasteiger partial charge in [-0.15, -0.1) is 10.2 Å². The first kappa shape index (κ1) is 20.9. The number of thioether (sulfide) groups is 1. The molecule has 1 saturated heterocycles. The standard InChI is InChI=1S/C21H28N6O2S/c1-14-6-8-16(9-7-14)27-19(26-10-12-28-13-11-26)23-24-20(27)30-15(2)17-22-18(25-29-17)21(3,4)5/h6-9,15H,10-13H2,1-5H3. The monoisotopic (exact) mass is 428 g/mol. The minimum atomic E-state index is -0.155. The molecule has 1 atom stereocenters. The lowest BCUT2D eigenvalue weighted by molar-refractivity contribution is 0.122. The molecule has 0 aliphatic carbocycles. The van der Waals surface area contributed by atoms with Crippen molar-refractivity contribution >= 4 is 17.7 Å². The first-order chi connectivity index (χ1) is 14.3. The van der Waals surface area contributed by atoms with Crippen LogP contribution in [0.5, 0.6) is 0 Å². The SMILES string of the molecule is Cc1ccc(-n2c(SC(C)c3nc(C(C)(C)C)no3)nnc2N2CCOCC2)cc1. The van der Waals surface area contributed by atoms with Crippen molar-refractivity contribution in [3.05, 3.63) is 41.5 Å². The maximum Gasteiger partial charge on any atom is 0.239 e. The summed E-state index contributed by atoms with van der Waals surface area (Å²) in [6.07, 6.45) is 0. The average Bonchev–Trinajstić information content (AvgIpc) is 3.37. The van der Waals surface area contributed by atoms with Crippen molar-refractivity contribution in [3.8, 4) is 5.69 Å². The van der Waals surface area contributed by atoms with Crippen LogP contribution in [-0.2, 0) is 10.2 Å². The van der Waals surface area contributed by atoms with Crippen molar-refractivity contribution in [2.45, 2.75) is 50.4 Å². The number of nitrogens with zero attached hydrogens (tertiary/aromatic N) is 6. The molecule has 1 aromatic carbocycles. The smallest absolute Gasteiger partial charge is 0.239 e. The Hall–Kier alpha value is -2.39. The Morgan fingerprint density at radius 2 is 1.77 bits per heavy atom. The summed E-state index contributed by atoms with van der Waals surface area (Å²) in [6.45, 7) is 13.3. The highest BCUT2D eigenvalue weighted by Gasteiger charge is 2.27. The quantitative estimate of drug-likeness (QED) is 0.565. The van der Waals surface area contributed by atoms with Gasteiger partial charge in [0, 0.05) is 18.5 Å². The van der Waals surface area contributed by atoms with Gasteiger partial charge in [-0.3, -0.25) is 4.57 Å². The molecular formula is C21H28N6O2S. The molecule has 3 heterocycles. The van der Waals surface area contributed by atoms with Crippen molar-refractivity contribution in [3.63, 3.8) is 0 Å². The third kappa shape index (κ3) is 4.37. The van der Waals surface area contributed by atoms with Gasteiger partial charge >= 0.3 is 0 Å². The number of hydrogen-bond donors (Lipinski definition) is 0. The number of ether oxygens (including phenoxy) is 1. The molecule has 1 unspecified atom stereocenters. The largest absolute Gasteiger partial charge is 0.378 e. The van der Waals surface area contributed by atoms with Crippen LogP contribution in [0.15, 0.2) is 33.9 Å². The van der Waals surface area contributed by atoms with Crippen molar-refractivity contribution in [1.29, 1.82) is 0 Å². The Bertz CT molecular complexity index is 986. The van der Waals surface area contributed by atoms with Crippen molar-refractivity contribution in [2.24, 2.45) is 0 Å². The highest BCUT2D eigenvalue weighted by atomic mass is 32.2. The van der Waals surface area contributed by atoms with Crippen LogP contribution >= 0.6 is 11.8 Å². The van der Waals surface area contributed by atoms with Crippen LogP contribution in [0.3, 0.4) is 0 Å². The molecule has 4 rings (SSSR count). The Morgan fingerprint density at radius 3 is 2.40 bits per heavy atom. The summed E-state index contributed by atoms with van der Waals surface area (Å²) in [5, 5.41) is 13.9. The van der Waals surface area contributed by atoms with E-state index in [1.54, 1.807) is 11.8 Å². The van der Waals surface area contributed by atoms with Crippen LogP contribution in [0.25, 0.3) is 5.69 Å². The third-order valence-electron chi connectivity index (χ3n) is 4.94. The van der Waals surface area contributed by atoms with Crippen LogP contribution in [0.1, 0.15) is 50.2 Å². The number of hydrogen-bond acceptors (Lipinski definition) is 8. The molecule has 160 valence electrons. The lowest BCUT2D eigenvalue weighted by Crippen LogP contribution is -2.37. The van der Waals surface area contributed by atoms with Gasteiger partial charge in [0.15, 0.2) is 11.0 Å². The summed E-state index contributed by atoms with van der Waals surface area (Å²) >= 11 is 1.57. The molecule has 0 amide bonds. The Kier molecular flexibility index (Phi) is 5.84. The summed E-state index contributed by atoms with van der Waals surface area (Å²) < 4.78 is 13.2. The fourth-order valence-electron chi connectivity index (χ4n) is 3.14. The number of aromatic nitrogens is 5.